The number of halogens is 1. The number of sulfone groups is 1. The van der Waals surface area contributed by atoms with Crippen molar-refractivity contribution in [1.29, 1.82) is 0 Å². The van der Waals surface area contributed by atoms with Gasteiger partial charge in [-0.25, -0.2) is 8.42 Å². The van der Waals surface area contributed by atoms with Crippen molar-refractivity contribution in [2.45, 2.75) is 11.8 Å². The van der Waals surface area contributed by atoms with Crippen LogP contribution in [-0.4, -0.2) is 27.2 Å². The van der Waals surface area contributed by atoms with Crippen LogP contribution in [0.4, 0.5) is 5.69 Å². The van der Waals surface area contributed by atoms with Gasteiger partial charge in [0.2, 0.25) is 0 Å². The van der Waals surface area contributed by atoms with E-state index in [0.717, 1.165) is 11.8 Å². The summed E-state index contributed by atoms with van der Waals surface area (Å²) in [7, 11) is -3.33. The quantitative estimate of drug-likeness (QED) is 0.896. The van der Waals surface area contributed by atoms with E-state index < -0.39 is 9.84 Å². The Morgan fingerprint density at radius 1 is 1.17 bits per heavy atom. The summed E-state index contributed by atoms with van der Waals surface area (Å²) < 4.78 is 28.5. The highest BCUT2D eigenvalue weighted by Crippen LogP contribution is 2.20. The Morgan fingerprint density at radius 2 is 1.83 bits per heavy atom. The van der Waals surface area contributed by atoms with Crippen LogP contribution in [0.25, 0.3) is 0 Å². The lowest BCUT2D eigenvalue weighted by atomic mass is 10.2. The summed E-state index contributed by atoms with van der Waals surface area (Å²) in [5, 5.41) is 3.23. The number of ether oxygens (including phenoxy) is 1. The van der Waals surface area contributed by atoms with E-state index in [1.54, 1.807) is 37.3 Å². The fraction of sp³-hybridized carbons (Fsp3) is 0.188. The van der Waals surface area contributed by atoms with Crippen LogP contribution in [0.1, 0.15) is 5.56 Å². The summed E-state index contributed by atoms with van der Waals surface area (Å²) in [6.45, 7) is 1.59. The monoisotopic (exact) mass is 353 g/mol. The number of hydrogen-bond acceptors (Lipinski definition) is 4. The van der Waals surface area contributed by atoms with E-state index in [9.17, 15) is 13.2 Å². The van der Waals surface area contributed by atoms with Crippen LogP contribution in [0.15, 0.2) is 47.4 Å². The van der Waals surface area contributed by atoms with Crippen LogP contribution in [0.5, 0.6) is 5.75 Å². The van der Waals surface area contributed by atoms with Gasteiger partial charge in [-0.05, 0) is 48.9 Å². The Hall–Kier alpha value is -2.05. The molecule has 23 heavy (non-hydrogen) atoms. The first-order valence-corrected chi connectivity index (χ1v) is 9.01. The Labute approximate surface area is 140 Å². The zero-order valence-corrected chi connectivity index (χ0v) is 14.2. The number of carbonyl (C=O) groups excluding carboxylic acids is 1. The van der Waals surface area contributed by atoms with Crippen molar-refractivity contribution < 1.29 is 17.9 Å². The maximum Gasteiger partial charge on any atom is 0.262 e. The molecule has 122 valence electrons. The van der Waals surface area contributed by atoms with Gasteiger partial charge in [-0.3, -0.25) is 4.79 Å². The molecule has 1 N–H and O–H groups in total. The molecule has 0 unspecified atom stereocenters. The Kier molecular flexibility index (Phi) is 5.28. The smallest absolute Gasteiger partial charge is 0.262 e. The van der Waals surface area contributed by atoms with E-state index in [4.69, 9.17) is 16.3 Å². The Balaban J connectivity index is 2.04. The second kappa shape index (κ2) is 7.02. The molecule has 0 heterocycles. The van der Waals surface area contributed by atoms with Gasteiger partial charge in [-0.1, -0.05) is 17.7 Å². The summed E-state index contributed by atoms with van der Waals surface area (Å²) in [6, 6.07) is 11.2. The third-order valence-corrected chi connectivity index (χ3v) is 4.46. The van der Waals surface area contributed by atoms with Crippen molar-refractivity contribution in [1.82, 2.24) is 0 Å². The number of aryl methyl sites for hydroxylation is 1. The molecule has 0 aliphatic carbocycles. The van der Waals surface area contributed by atoms with Gasteiger partial charge >= 0.3 is 0 Å². The summed E-state index contributed by atoms with van der Waals surface area (Å²) >= 11 is 5.77. The summed E-state index contributed by atoms with van der Waals surface area (Å²) in [4.78, 5) is 12.1. The highest BCUT2D eigenvalue weighted by molar-refractivity contribution is 7.90. The molecule has 5 nitrogen and oxygen atoms in total. The molecule has 0 atom stereocenters. The first kappa shape index (κ1) is 17.3. The van der Waals surface area contributed by atoms with Crippen LogP contribution >= 0.6 is 11.6 Å². The molecule has 2 aromatic carbocycles. The van der Waals surface area contributed by atoms with E-state index in [1.807, 2.05) is 0 Å². The molecule has 0 aliphatic rings. The molecule has 0 spiro atoms. The number of hydrogen-bond donors (Lipinski definition) is 1. The van der Waals surface area contributed by atoms with E-state index >= 15 is 0 Å². The van der Waals surface area contributed by atoms with Gasteiger partial charge in [0, 0.05) is 17.0 Å². The molecule has 1 amide bonds. The average Bonchev–Trinajstić information content (AvgIpc) is 2.48. The maximum atomic E-state index is 12.0. The standard InChI is InChI=1S/C16H16ClNO4S/c1-11-3-8-14(23(2,20)21)9-15(11)18-16(19)10-22-13-6-4-12(17)5-7-13/h3-9H,10H2,1-2H3,(H,18,19). The van der Waals surface area contributed by atoms with Crippen molar-refractivity contribution in [2.75, 3.05) is 18.2 Å². The fourth-order valence-corrected chi connectivity index (χ4v) is 2.61. The lowest BCUT2D eigenvalue weighted by Gasteiger charge is -2.11. The van der Waals surface area contributed by atoms with Gasteiger partial charge in [-0.2, -0.15) is 0 Å². The van der Waals surface area contributed by atoms with Gasteiger partial charge in [0.05, 0.1) is 4.90 Å². The van der Waals surface area contributed by atoms with E-state index in [1.165, 1.54) is 12.1 Å². The minimum atomic E-state index is -3.33. The molecule has 0 saturated heterocycles. The van der Waals surface area contributed by atoms with Gasteiger partial charge in [0.1, 0.15) is 5.75 Å². The molecule has 0 aliphatic heterocycles. The minimum Gasteiger partial charge on any atom is -0.484 e. The number of rotatable bonds is 5. The van der Waals surface area contributed by atoms with Gasteiger partial charge < -0.3 is 10.1 Å². The number of anilines is 1. The van der Waals surface area contributed by atoms with Crippen molar-refractivity contribution in [2.24, 2.45) is 0 Å². The van der Waals surface area contributed by atoms with Crippen LogP contribution in [0, 0.1) is 6.92 Å². The van der Waals surface area contributed by atoms with Crippen molar-refractivity contribution in [3.8, 4) is 5.75 Å². The predicted octanol–water partition coefficient (Wildman–Crippen LogP) is 3.07. The molecular formula is C16H16ClNO4S. The molecule has 2 rings (SSSR count). The third-order valence-electron chi connectivity index (χ3n) is 3.09. The maximum absolute atomic E-state index is 12.0. The SMILES string of the molecule is Cc1ccc(S(C)(=O)=O)cc1NC(=O)COc1ccc(Cl)cc1. The summed E-state index contributed by atoms with van der Waals surface area (Å²) in [6.07, 6.45) is 1.12. The second-order valence-electron chi connectivity index (χ2n) is 5.04. The lowest BCUT2D eigenvalue weighted by Crippen LogP contribution is -2.20. The number of nitrogens with one attached hydrogen (secondary N) is 1. The Morgan fingerprint density at radius 3 is 2.43 bits per heavy atom. The highest BCUT2D eigenvalue weighted by atomic mass is 35.5. The second-order valence-corrected chi connectivity index (χ2v) is 7.49. The van der Waals surface area contributed by atoms with Gasteiger partial charge in [0.25, 0.3) is 5.91 Å². The zero-order chi connectivity index (χ0) is 17.0. The highest BCUT2D eigenvalue weighted by Gasteiger charge is 2.11. The van der Waals surface area contributed by atoms with Crippen molar-refractivity contribution in [3.05, 3.63) is 53.1 Å². The number of amides is 1. The van der Waals surface area contributed by atoms with Crippen LogP contribution in [-0.2, 0) is 14.6 Å². The molecule has 2 aromatic rings. The molecule has 0 radical (unpaired) electrons. The third kappa shape index (κ3) is 4.97. The molecular weight excluding hydrogens is 338 g/mol. The van der Waals surface area contributed by atoms with Gasteiger partial charge in [0.15, 0.2) is 16.4 Å². The van der Waals surface area contributed by atoms with E-state index in [2.05, 4.69) is 5.32 Å². The molecule has 7 heteroatoms. The number of benzene rings is 2. The topological polar surface area (TPSA) is 72.5 Å². The lowest BCUT2D eigenvalue weighted by molar-refractivity contribution is -0.118. The van der Waals surface area contributed by atoms with E-state index in [0.29, 0.717) is 16.5 Å². The largest absolute Gasteiger partial charge is 0.484 e. The van der Waals surface area contributed by atoms with Gasteiger partial charge in [-0.15, -0.1) is 0 Å². The van der Waals surface area contributed by atoms with Crippen molar-refractivity contribution >= 4 is 33.0 Å². The molecule has 0 bridgehead atoms. The first-order chi connectivity index (χ1) is 10.8. The normalized spacial score (nSPS) is 11.1. The fourth-order valence-electron chi connectivity index (χ4n) is 1.83. The average molecular weight is 354 g/mol. The van der Waals surface area contributed by atoms with Crippen LogP contribution in [0.3, 0.4) is 0 Å². The Bertz CT molecular complexity index is 816. The minimum absolute atomic E-state index is 0.150. The zero-order valence-electron chi connectivity index (χ0n) is 12.7. The van der Waals surface area contributed by atoms with Crippen LogP contribution < -0.4 is 10.1 Å². The number of carbonyl (C=O) groups is 1. The summed E-state index contributed by atoms with van der Waals surface area (Å²) in [5.41, 5.74) is 1.20. The molecule has 0 saturated carbocycles. The molecule has 0 aromatic heterocycles. The van der Waals surface area contributed by atoms with Crippen molar-refractivity contribution in [3.63, 3.8) is 0 Å². The van der Waals surface area contributed by atoms with E-state index in [-0.39, 0.29) is 17.4 Å². The molecule has 0 fully saturated rings. The van der Waals surface area contributed by atoms with Crippen LogP contribution in [0.2, 0.25) is 5.02 Å². The first-order valence-electron chi connectivity index (χ1n) is 6.74. The predicted molar refractivity (Wildman–Crippen MR) is 89.9 cm³/mol. The summed E-state index contributed by atoms with van der Waals surface area (Å²) in [5.74, 6) is 0.139.